The fourth-order valence-corrected chi connectivity index (χ4v) is 2.02. The van der Waals surface area contributed by atoms with E-state index in [0.29, 0.717) is 6.61 Å². The van der Waals surface area contributed by atoms with E-state index in [1.807, 2.05) is 18.2 Å². The van der Waals surface area contributed by atoms with Crippen molar-refractivity contribution in [1.82, 2.24) is 0 Å². The summed E-state index contributed by atoms with van der Waals surface area (Å²) >= 11 is 1.73. The molecule has 0 aliphatic heterocycles. The first-order valence-electron chi connectivity index (χ1n) is 5.12. The fraction of sp³-hybridized carbons (Fsp3) is 0.231. The third-order valence-corrected chi connectivity index (χ3v) is 3.12. The molecule has 0 atom stereocenters. The number of hydrogen-bond acceptors (Lipinski definition) is 2. The maximum Gasteiger partial charge on any atom is 0.122 e. The zero-order valence-corrected chi connectivity index (χ0v) is 9.59. The molecule has 15 heavy (non-hydrogen) atoms. The van der Waals surface area contributed by atoms with E-state index in [0.717, 1.165) is 12.2 Å². The molecule has 2 heteroatoms. The summed E-state index contributed by atoms with van der Waals surface area (Å²) < 4.78 is 5.70. The minimum absolute atomic E-state index is 0.671. The molecule has 0 aliphatic rings. The average molecular weight is 218 g/mol. The van der Waals surface area contributed by atoms with Crippen molar-refractivity contribution in [1.29, 1.82) is 0 Å². The zero-order valence-electron chi connectivity index (χ0n) is 8.77. The van der Waals surface area contributed by atoms with Crippen LogP contribution in [0.25, 0.3) is 0 Å². The quantitative estimate of drug-likeness (QED) is 0.756. The summed E-state index contributed by atoms with van der Waals surface area (Å²) in [6.45, 7) is 2.82. The van der Waals surface area contributed by atoms with Gasteiger partial charge in [0, 0.05) is 4.88 Å². The molecule has 78 valence electrons. The largest absolute Gasteiger partial charge is 0.488 e. The molecule has 0 saturated carbocycles. The standard InChI is InChI=1S/C13H14OS/c1-2-11-5-3-6-12(9-11)14-10-13-7-4-8-15-13/h3-9H,2,10H2,1H3. The first-order chi connectivity index (χ1) is 7.38. The lowest BCUT2D eigenvalue weighted by atomic mass is 10.2. The summed E-state index contributed by atoms with van der Waals surface area (Å²) in [6, 6.07) is 12.4. The summed E-state index contributed by atoms with van der Waals surface area (Å²) in [5.41, 5.74) is 1.32. The summed E-state index contributed by atoms with van der Waals surface area (Å²) in [5.74, 6) is 0.961. The lowest BCUT2D eigenvalue weighted by Crippen LogP contribution is -1.93. The van der Waals surface area contributed by atoms with Crippen LogP contribution in [-0.2, 0) is 13.0 Å². The Labute approximate surface area is 94.3 Å². The van der Waals surface area contributed by atoms with Crippen molar-refractivity contribution in [3.63, 3.8) is 0 Å². The van der Waals surface area contributed by atoms with E-state index in [4.69, 9.17) is 4.74 Å². The smallest absolute Gasteiger partial charge is 0.122 e. The molecule has 0 saturated heterocycles. The Morgan fingerprint density at radius 2 is 2.13 bits per heavy atom. The van der Waals surface area contributed by atoms with Crippen LogP contribution in [0, 0.1) is 0 Å². The van der Waals surface area contributed by atoms with Crippen molar-refractivity contribution >= 4 is 11.3 Å². The molecule has 0 radical (unpaired) electrons. The first-order valence-corrected chi connectivity index (χ1v) is 6.00. The molecule has 2 aromatic rings. The summed E-state index contributed by atoms with van der Waals surface area (Å²) in [7, 11) is 0. The molecule has 0 amide bonds. The second-order valence-corrected chi connectivity index (χ2v) is 4.40. The Kier molecular flexibility index (Phi) is 3.41. The van der Waals surface area contributed by atoms with Gasteiger partial charge >= 0.3 is 0 Å². The van der Waals surface area contributed by atoms with Crippen molar-refractivity contribution in [3.05, 3.63) is 52.2 Å². The number of aryl methyl sites for hydroxylation is 1. The molecule has 0 fully saturated rings. The maximum atomic E-state index is 5.70. The van der Waals surface area contributed by atoms with Gasteiger partial charge in [-0.25, -0.2) is 0 Å². The van der Waals surface area contributed by atoms with E-state index in [9.17, 15) is 0 Å². The normalized spacial score (nSPS) is 10.2. The Morgan fingerprint density at radius 3 is 2.87 bits per heavy atom. The van der Waals surface area contributed by atoms with Gasteiger partial charge in [-0.2, -0.15) is 0 Å². The van der Waals surface area contributed by atoms with Gasteiger partial charge in [-0.1, -0.05) is 25.1 Å². The van der Waals surface area contributed by atoms with Crippen LogP contribution in [0.2, 0.25) is 0 Å². The molecular weight excluding hydrogens is 204 g/mol. The Hall–Kier alpha value is -1.28. The van der Waals surface area contributed by atoms with E-state index in [-0.39, 0.29) is 0 Å². The lowest BCUT2D eigenvalue weighted by Gasteiger charge is -2.05. The highest BCUT2D eigenvalue weighted by Crippen LogP contribution is 2.17. The molecule has 2 rings (SSSR count). The van der Waals surface area contributed by atoms with Crippen molar-refractivity contribution in [2.45, 2.75) is 20.0 Å². The first kappa shape index (κ1) is 10.2. The minimum atomic E-state index is 0.671. The van der Waals surface area contributed by atoms with Gasteiger partial charge in [0.15, 0.2) is 0 Å². The van der Waals surface area contributed by atoms with Gasteiger partial charge < -0.3 is 4.74 Å². The SMILES string of the molecule is CCc1cccc(OCc2cccs2)c1. The highest BCUT2D eigenvalue weighted by molar-refractivity contribution is 7.09. The topological polar surface area (TPSA) is 9.23 Å². The number of thiophene rings is 1. The van der Waals surface area contributed by atoms with Crippen LogP contribution in [0.1, 0.15) is 17.4 Å². The molecule has 1 aromatic carbocycles. The van der Waals surface area contributed by atoms with Gasteiger partial charge in [-0.15, -0.1) is 11.3 Å². The second kappa shape index (κ2) is 4.99. The van der Waals surface area contributed by atoms with E-state index < -0.39 is 0 Å². The lowest BCUT2D eigenvalue weighted by molar-refractivity contribution is 0.309. The van der Waals surface area contributed by atoms with Crippen LogP contribution >= 0.6 is 11.3 Å². The Bertz CT molecular complexity index is 406. The van der Waals surface area contributed by atoms with Crippen molar-refractivity contribution in [2.24, 2.45) is 0 Å². The highest BCUT2D eigenvalue weighted by atomic mass is 32.1. The second-order valence-electron chi connectivity index (χ2n) is 3.37. The van der Waals surface area contributed by atoms with Crippen LogP contribution in [-0.4, -0.2) is 0 Å². The zero-order chi connectivity index (χ0) is 10.5. The maximum absolute atomic E-state index is 5.70. The molecule has 1 aromatic heterocycles. The van der Waals surface area contributed by atoms with Crippen molar-refractivity contribution in [2.75, 3.05) is 0 Å². The summed E-state index contributed by atoms with van der Waals surface area (Å²) in [4.78, 5) is 1.26. The number of hydrogen-bond donors (Lipinski definition) is 0. The molecule has 1 heterocycles. The number of benzene rings is 1. The van der Waals surface area contributed by atoms with Crippen LogP contribution in [0.5, 0.6) is 5.75 Å². The third-order valence-electron chi connectivity index (χ3n) is 2.27. The summed E-state index contributed by atoms with van der Waals surface area (Å²) in [5, 5.41) is 2.07. The molecular formula is C13H14OS. The van der Waals surface area contributed by atoms with Crippen molar-refractivity contribution in [3.8, 4) is 5.75 Å². The predicted molar refractivity (Wildman–Crippen MR) is 64.5 cm³/mol. The van der Waals surface area contributed by atoms with Crippen LogP contribution in [0.15, 0.2) is 41.8 Å². The number of rotatable bonds is 4. The van der Waals surface area contributed by atoms with Crippen molar-refractivity contribution < 1.29 is 4.74 Å². The molecule has 0 spiro atoms. The molecule has 0 bridgehead atoms. The predicted octanol–water partition coefficient (Wildman–Crippen LogP) is 3.89. The molecule has 0 aliphatic carbocycles. The molecule has 1 nitrogen and oxygen atoms in total. The van der Waals surface area contributed by atoms with E-state index in [2.05, 4.69) is 30.5 Å². The Balaban J connectivity index is 1.98. The van der Waals surface area contributed by atoms with Crippen LogP contribution < -0.4 is 4.74 Å². The van der Waals surface area contributed by atoms with E-state index in [1.165, 1.54) is 10.4 Å². The minimum Gasteiger partial charge on any atom is -0.488 e. The Morgan fingerprint density at radius 1 is 1.20 bits per heavy atom. The van der Waals surface area contributed by atoms with E-state index >= 15 is 0 Å². The molecule has 0 N–H and O–H groups in total. The average Bonchev–Trinajstić information content (AvgIpc) is 2.79. The van der Waals surface area contributed by atoms with Gasteiger partial charge in [-0.3, -0.25) is 0 Å². The highest BCUT2D eigenvalue weighted by Gasteiger charge is 1.97. The van der Waals surface area contributed by atoms with Gasteiger partial charge in [0.1, 0.15) is 12.4 Å². The third kappa shape index (κ3) is 2.83. The van der Waals surface area contributed by atoms with Gasteiger partial charge in [0.25, 0.3) is 0 Å². The van der Waals surface area contributed by atoms with E-state index in [1.54, 1.807) is 11.3 Å². The van der Waals surface area contributed by atoms with Crippen LogP contribution in [0.3, 0.4) is 0 Å². The molecule has 0 unspecified atom stereocenters. The van der Waals surface area contributed by atoms with Gasteiger partial charge in [-0.05, 0) is 35.6 Å². The van der Waals surface area contributed by atoms with Gasteiger partial charge in [0.05, 0.1) is 0 Å². The fourth-order valence-electron chi connectivity index (χ4n) is 1.40. The summed E-state index contributed by atoms with van der Waals surface area (Å²) in [6.07, 6.45) is 1.05. The monoisotopic (exact) mass is 218 g/mol. The number of ether oxygens (including phenoxy) is 1. The van der Waals surface area contributed by atoms with Crippen LogP contribution in [0.4, 0.5) is 0 Å². The van der Waals surface area contributed by atoms with Gasteiger partial charge in [0.2, 0.25) is 0 Å².